The van der Waals surface area contributed by atoms with Crippen LogP contribution >= 0.6 is 0 Å². The molecule has 1 fully saturated rings. The Bertz CT molecular complexity index is 462. The molecule has 1 amide bonds. The van der Waals surface area contributed by atoms with Gasteiger partial charge in [-0.3, -0.25) is 4.79 Å². The fourth-order valence-electron chi connectivity index (χ4n) is 2.41. The highest BCUT2D eigenvalue weighted by Gasteiger charge is 2.22. The predicted octanol–water partition coefficient (Wildman–Crippen LogP) is 0.912. The standard InChI is InChI=1S/C14H21N3O2/c1-10(15-2)14-11(5-4-6-12(14)19-3)17-8-7-16-13(18)9-17/h4-6,10,15H,7-9H2,1-3H3,(H,16,18). The van der Waals surface area contributed by atoms with Crippen molar-refractivity contribution in [2.75, 3.05) is 38.7 Å². The third-order valence-corrected chi connectivity index (χ3v) is 3.51. The number of amides is 1. The van der Waals surface area contributed by atoms with Crippen molar-refractivity contribution < 1.29 is 9.53 Å². The Labute approximate surface area is 113 Å². The number of methoxy groups -OCH3 is 1. The van der Waals surface area contributed by atoms with Crippen LogP contribution in [0.5, 0.6) is 5.75 Å². The number of hydrogen-bond donors (Lipinski definition) is 2. The minimum absolute atomic E-state index is 0.0668. The summed E-state index contributed by atoms with van der Waals surface area (Å²) in [6.07, 6.45) is 0. The zero-order chi connectivity index (χ0) is 13.8. The minimum Gasteiger partial charge on any atom is -0.496 e. The molecule has 0 spiro atoms. The molecule has 1 aliphatic heterocycles. The van der Waals surface area contributed by atoms with E-state index in [4.69, 9.17) is 4.74 Å². The van der Waals surface area contributed by atoms with E-state index in [0.29, 0.717) is 13.1 Å². The van der Waals surface area contributed by atoms with Gasteiger partial charge in [-0.1, -0.05) is 6.07 Å². The van der Waals surface area contributed by atoms with E-state index >= 15 is 0 Å². The maximum absolute atomic E-state index is 11.6. The Balaban J connectivity index is 2.40. The first-order valence-electron chi connectivity index (χ1n) is 6.53. The lowest BCUT2D eigenvalue weighted by molar-refractivity contribution is -0.120. The van der Waals surface area contributed by atoms with Gasteiger partial charge in [0.05, 0.1) is 13.7 Å². The lowest BCUT2D eigenvalue weighted by atomic mass is 10.0. The molecule has 1 heterocycles. The Morgan fingerprint density at radius 3 is 2.89 bits per heavy atom. The normalized spacial score (nSPS) is 17.0. The monoisotopic (exact) mass is 263 g/mol. The first-order valence-corrected chi connectivity index (χ1v) is 6.53. The molecule has 1 atom stereocenters. The second kappa shape index (κ2) is 5.93. The molecule has 2 rings (SSSR count). The SMILES string of the molecule is CNC(C)c1c(OC)cccc1N1CCNC(=O)C1. The van der Waals surface area contributed by atoms with Crippen LogP contribution in [0.3, 0.4) is 0 Å². The lowest BCUT2D eigenvalue weighted by Crippen LogP contribution is -2.48. The number of hydrogen-bond acceptors (Lipinski definition) is 4. The molecule has 5 heteroatoms. The molecule has 1 aliphatic rings. The van der Waals surface area contributed by atoms with E-state index in [-0.39, 0.29) is 11.9 Å². The van der Waals surface area contributed by atoms with E-state index < -0.39 is 0 Å². The Morgan fingerprint density at radius 2 is 2.26 bits per heavy atom. The number of anilines is 1. The molecular formula is C14H21N3O2. The highest BCUT2D eigenvalue weighted by atomic mass is 16.5. The van der Waals surface area contributed by atoms with Crippen LogP contribution < -0.4 is 20.3 Å². The summed E-state index contributed by atoms with van der Waals surface area (Å²) in [6.45, 7) is 3.99. The number of rotatable bonds is 4. The summed E-state index contributed by atoms with van der Waals surface area (Å²) in [4.78, 5) is 13.7. The van der Waals surface area contributed by atoms with Gasteiger partial charge in [0.1, 0.15) is 5.75 Å². The van der Waals surface area contributed by atoms with E-state index in [9.17, 15) is 4.79 Å². The van der Waals surface area contributed by atoms with Crippen LogP contribution in [0.25, 0.3) is 0 Å². The predicted molar refractivity (Wildman–Crippen MR) is 75.7 cm³/mol. The van der Waals surface area contributed by atoms with Crippen molar-refractivity contribution in [3.63, 3.8) is 0 Å². The van der Waals surface area contributed by atoms with Gasteiger partial charge in [0, 0.05) is 30.4 Å². The number of carbonyl (C=O) groups excluding carboxylic acids is 1. The Morgan fingerprint density at radius 1 is 1.47 bits per heavy atom. The maximum atomic E-state index is 11.6. The van der Waals surface area contributed by atoms with Crippen molar-refractivity contribution in [3.8, 4) is 5.75 Å². The summed E-state index contributed by atoms with van der Waals surface area (Å²) < 4.78 is 5.46. The molecule has 1 unspecified atom stereocenters. The quantitative estimate of drug-likeness (QED) is 0.848. The molecule has 19 heavy (non-hydrogen) atoms. The van der Waals surface area contributed by atoms with Gasteiger partial charge in [-0.05, 0) is 26.1 Å². The van der Waals surface area contributed by atoms with Crippen LogP contribution in [0.15, 0.2) is 18.2 Å². The van der Waals surface area contributed by atoms with Crippen molar-refractivity contribution in [2.45, 2.75) is 13.0 Å². The van der Waals surface area contributed by atoms with Crippen molar-refractivity contribution in [1.29, 1.82) is 0 Å². The number of ether oxygens (including phenoxy) is 1. The van der Waals surface area contributed by atoms with E-state index in [0.717, 1.165) is 23.5 Å². The first-order chi connectivity index (χ1) is 9.17. The largest absolute Gasteiger partial charge is 0.496 e. The summed E-state index contributed by atoms with van der Waals surface area (Å²) >= 11 is 0. The van der Waals surface area contributed by atoms with Crippen molar-refractivity contribution >= 4 is 11.6 Å². The molecule has 0 saturated carbocycles. The topological polar surface area (TPSA) is 53.6 Å². The summed E-state index contributed by atoms with van der Waals surface area (Å²) in [5.74, 6) is 0.919. The average Bonchev–Trinajstić information content (AvgIpc) is 2.45. The van der Waals surface area contributed by atoms with E-state index in [1.165, 1.54) is 0 Å². The highest BCUT2D eigenvalue weighted by Crippen LogP contribution is 2.34. The van der Waals surface area contributed by atoms with Crippen molar-refractivity contribution in [1.82, 2.24) is 10.6 Å². The fourth-order valence-corrected chi connectivity index (χ4v) is 2.41. The molecule has 104 valence electrons. The lowest BCUT2D eigenvalue weighted by Gasteiger charge is -2.32. The molecule has 5 nitrogen and oxygen atoms in total. The van der Waals surface area contributed by atoms with Gasteiger partial charge in [0.15, 0.2) is 0 Å². The van der Waals surface area contributed by atoms with Gasteiger partial charge in [-0.2, -0.15) is 0 Å². The summed E-state index contributed by atoms with van der Waals surface area (Å²) in [6, 6.07) is 6.13. The molecular weight excluding hydrogens is 242 g/mol. The van der Waals surface area contributed by atoms with Gasteiger partial charge in [0.2, 0.25) is 5.91 Å². The smallest absolute Gasteiger partial charge is 0.239 e. The summed E-state index contributed by atoms with van der Waals surface area (Å²) in [5.41, 5.74) is 2.17. The average molecular weight is 263 g/mol. The second-order valence-electron chi connectivity index (χ2n) is 4.67. The Hall–Kier alpha value is -1.75. The molecule has 0 bridgehead atoms. The summed E-state index contributed by atoms with van der Waals surface area (Å²) in [5, 5.41) is 6.08. The first kappa shape index (κ1) is 13.7. The minimum atomic E-state index is 0.0668. The molecule has 0 aromatic heterocycles. The molecule has 0 aliphatic carbocycles. The van der Waals surface area contributed by atoms with Gasteiger partial charge in [0.25, 0.3) is 0 Å². The van der Waals surface area contributed by atoms with Crippen molar-refractivity contribution in [3.05, 3.63) is 23.8 Å². The molecule has 1 aromatic rings. The second-order valence-corrected chi connectivity index (χ2v) is 4.67. The molecule has 2 N–H and O–H groups in total. The fraction of sp³-hybridized carbons (Fsp3) is 0.500. The van der Waals surface area contributed by atoms with Crippen LogP contribution in [-0.4, -0.2) is 39.7 Å². The molecule has 1 aromatic carbocycles. The van der Waals surface area contributed by atoms with E-state index in [1.54, 1.807) is 7.11 Å². The van der Waals surface area contributed by atoms with E-state index in [1.807, 2.05) is 25.2 Å². The van der Waals surface area contributed by atoms with Crippen molar-refractivity contribution in [2.24, 2.45) is 0 Å². The van der Waals surface area contributed by atoms with Gasteiger partial charge in [-0.15, -0.1) is 0 Å². The Kier molecular flexibility index (Phi) is 4.27. The van der Waals surface area contributed by atoms with Crippen LogP contribution in [0.4, 0.5) is 5.69 Å². The third kappa shape index (κ3) is 2.81. The van der Waals surface area contributed by atoms with Crippen LogP contribution in [0, 0.1) is 0 Å². The number of benzene rings is 1. The van der Waals surface area contributed by atoms with E-state index in [2.05, 4.69) is 22.5 Å². The third-order valence-electron chi connectivity index (χ3n) is 3.51. The molecule has 0 radical (unpaired) electrons. The molecule has 1 saturated heterocycles. The number of nitrogens with one attached hydrogen (secondary N) is 2. The van der Waals surface area contributed by atoms with Crippen LogP contribution in [0.2, 0.25) is 0 Å². The van der Waals surface area contributed by atoms with Crippen LogP contribution in [-0.2, 0) is 4.79 Å². The van der Waals surface area contributed by atoms with Gasteiger partial charge in [-0.25, -0.2) is 0 Å². The van der Waals surface area contributed by atoms with Gasteiger partial charge >= 0.3 is 0 Å². The number of piperazine rings is 1. The van der Waals surface area contributed by atoms with Crippen LogP contribution in [0.1, 0.15) is 18.5 Å². The summed E-state index contributed by atoms with van der Waals surface area (Å²) in [7, 11) is 3.59. The number of carbonyl (C=O) groups is 1. The highest BCUT2D eigenvalue weighted by molar-refractivity contribution is 5.83. The zero-order valence-corrected chi connectivity index (χ0v) is 11.7. The zero-order valence-electron chi connectivity index (χ0n) is 11.7. The van der Waals surface area contributed by atoms with Gasteiger partial charge < -0.3 is 20.3 Å². The maximum Gasteiger partial charge on any atom is 0.239 e. The number of nitrogens with zero attached hydrogens (tertiary/aromatic N) is 1.